The Morgan fingerprint density at radius 3 is 2.95 bits per heavy atom. The molecule has 0 aliphatic carbocycles. The van der Waals surface area contributed by atoms with Gasteiger partial charge in [0.2, 0.25) is 5.76 Å². The average Bonchev–Trinajstić information content (AvgIpc) is 3.04. The fourth-order valence-electron chi connectivity index (χ4n) is 2.94. The number of aromatic carboxylic acids is 1. The molecule has 5 nitrogen and oxygen atoms in total. The Bertz CT molecular complexity index is 634. The second-order valence-corrected chi connectivity index (χ2v) is 5.16. The average molecular weight is 275 g/mol. The summed E-state index contributed by atoms with van der Waals surface area (Å²) in [6.45, 7) is 1.49. The van der Waals surface area contributed by atoms with Crippen LogP contribution in [0, 0.1) is 0 Å². The lowest BCUT2D eigenvalue weighted by atomic mass is 10.1. The lowest BCUT2D eigenvalue weighted by Crippen LogP contribution is -2.32. The Morgan fingerprint density at radius 1 is 1.40 bits per heavy atom. The fourth-order valence-corrected chi connectivity index (χ4v) is 2.94. The lowest BCUT2D eigenvalue weighted by Gasteiger charge is -2.22. The Kier molecular flexibility index (Phi) is 3.46. The SMILES string of the molecule is O=C(O)c1oc2ccccc2c1CN1CCCC1CO. The number of rotatable bonds is 4. The first-order valence-electron chi connectivity index (χ1n) is 6.79. The number of carbonyl (C=O) groups is 1. The van der Waals surface area contributed by atoms with Crippen molar-refractivity contribution in [2.24, 2.45) is 0 Å². The topological polar surface area (TPSA) is 73.9 Å². The highest BCUT2D eigenvalue weighted by Crippen LogP contribution is 2.29. The quantitative estimate of drug-likeness (QED) is 0.893. The number of fused-ring (bicyclic) bond motifs is 1. The molecule has 0 spiro atoms. The van der Waals surface area contributed by atoms with Crippen molar-refractivity contribution in [2.75, 3.05) is 13.2 Å². The second kappa shape index (κ2) is 5.26. The van der Waals surface area contributed by atoms with Crippen LogP contribution in [0.4, 0.5) is 0 Å². The summed E-state index contributed by atoms with van der Waals surface area (Å²) in [6, 6.07) is 7.47. The highest BCUT2D eigenvalue weighted by atomic mass is 16.4. The first kappa shape index (κ1) is 13.1. The molecule has 1 aliphatic heterocycles. The number of furan rings is 1. The number of nitrogens with zero attached hydrogens (tertiary/aromatic N) is 1. The van der Waals surface area contributed by atoms with Crippen molar-refractivity contribution in [1.82, 2.24) is 4.90 Å². The molecule has 1 atom stereocenters. The molecule has 2 aromatic rings. The van der Waals surface area contributed by atoms with E-state index in [9.17, 15) is 15.0 Å². The van der Waals surface area contributed by atoms with Gasteiger partial charge in [-0.1, -0.05) is 18.2 Å². The molecule has 0 amide bonds. The van der Waals surface area contributed by atoms with E-state index in [0.29, 0.717) is 17.7 Å². The summed E-state index contributed by atoms with van der Waals surface area (Å²) in [5, 5.41) is 19.5. The fraction of sp³-hybridized carbons (Fsp3) is 0.400. The molecule has 1 saturated heterocycles. The summed E-state index contributed by atoms with van der Waals surface area (Å²) in [5.74, 6) is -1.04. The second-order valence-electron chi connectivity index (χ2n) is 5.16. The van der Waals surface area contributed by atoms with Gasteiger partial charge in [-0.15, -0.1) is 0 Å². The van der Waals surface area contributed by atoms with Crippen molar-refractivity contribution < 1.29 is 19.4 Å². The number of aliphatic hydroxyl groups is 1. The summed E-state index contributed by atoms with van der Waals surface area (Å²) < 4.78 is 5.45. The Balaban J connectivity index is 2.00. The van der Waals surface area contributed by atoms with Crippen LogP contribution in [0.5, 0.6) is 0 Å². The van der Waals surface area contributed by atoms with E-state index in [1.807, 2.05) is 18.2 Å². The first-order valence-corrected chi connectivity index (χ1v) is 6.79. The minimum absolute atomic E-state index is 0.00906. The van der Waals surface area contributed by atoms with Gasteiger partial charge in [-0.25, -0.2) is 4.79 Å². The maximum atomic E-state index is 11.4. The number of likely N-dealkylation sites (tertiary alicyclic amines) is 1. The van der Waals surface area contributed by atoms with Gasteiger partial charge in [-0.3, -0.25) is 4.90 Å². The molecule has 106 valence electrons. The molecule has 1 aromatic carbocycles. The smallest absolute Gasteiger partial charge is 0.372 e. The van der Waals surface area contributed by atoms with E-state index < -0.39 is 5.97 Å². The van der Waals surface area contributed by atoms with E-state index in [0.717, 1.165) is 24.8 Å². The minimum atomic E-state index is -1.05. The van der Waals surface area contributed by atoms with Crippen molar-refractivity contribution >= 4 is 16.9 Å². The van der Waals surface area contributed by atoms with Crippen molar-refractivity contribution in [3.63, 3.8) is 0 Å². The van der Waals surface area contributed by atoms with Crippen LogP contribution in [0.3, 0.4) is 0 Å². The molecule has 0 bridgehead atoms. The van der Waals surface area contributed by atoms with Crippen LogP contribution in [-0.2, 0) is 6.54 Å². The van der Waals surface area contributed by atoms with Crippen molar-refractivity contribution in [3.8, 4) is 0 Å². The van der Waals surface area contributed by atoms with Gasteiger partial charge < -0.3 is 14.6 Å². The number of benzene rings is 1. The number of hydrogen-bond acceptors (Lipinski definition) is 4. The third-order valence-corrected chi connectivity index (χ3v) is 3.96. The van der Waals surface area contributed by atoms with Gasteiger partial charge in [0.25, 0.3) is 0 Å². The van der Waals surface area contributed by atoms with Crippen molar-refractivity contribution in [1.29, 1.82) is 0 Å². The van der Waals surface area contributed by atoms with Crippen LogP contribution in [0.2, 0.25) is 0 Å². The van der Waals surface area contributed by atoms with Crippen LogP contribution in [0.25, 0.3) is 11.0 Å². The molecule has 1 aromatic heterocycles. The summed E-state index contributed by atoms with van der Waals surface area (Å²) in [4.78, 5) is 13.5. The molecule has 2 N–H and O–H groups in total. The zero-order valence-corrected chi connectivity index (χ0v) is 11.1. The number of carboxylic acid groups (broad SMARTS) is 1. The van der Waals surface area contributed by atoms with Crippen LogP contribution >= 0.6 is 0 Å². The minimum Gasteiger partial charge on any atom is -0.475 e. The standard InChI is InChI=1S/C15H17NO4/c17-9-10-4-3-7-16(10)8-12-11-5-1-2-6-13(11)20-14(12)15(18)19/h1-2,5-6,10,17H,3-4,7-9H2,(H,18,19). The van der Waals surface area contributed by atoms with Gasteiger partial charge >= 0.3 is 5.97 Å². The molecule has 0 radical (unpaired) electrons. The number of hydrogen-bond donors (Lipinski definition) is 2. The van der Waals surface area contributed by atoms with E-state index >= 15 is 0 Å². The van der Waals surface area contributed by atoms with E-state index in [-0.39, 0.29) is 18.4 Å². The van der Waals surface area contributed by atoms with E-state index in [4.69, 9.17) is 4.42 Å². The van der Waals surface area contributed by atoms with Gasteiger partial charge in [0.15, 0.2) is 0 Å². The normalized spacial score (nSPS) is 19.8. The molecule has 1 fully saturated rings. The van der Waals surface area contributed by atoms with Crippen LogP contribution in [0.1, 0.15) is 29.0 Å². The number of para-hydroxylation sites is 1. The largest absolute Gasteiger partial charge is 0.475 e. The van der Waals surface area contributed by atoms with E-state index in [2.05, 4.69) is 4.90 Å². The highest BCUT2D eigenvalue weighted by Gasteiger charge is 2.28. The molecule has 0 saturated carbocycles. The predicted molar refractivity (Wildman–Crippen MR) is 73.7 cm³/mol. The molecule has 20 heavy (non-hydrogen) atoms. The van der Waals surface area contributed by atoms with Crippen LogP contribution < -0.4 is 0 Å². The highest BCUT2D eigenvalue weighted by molar-refractivity contribution is 5.95. The maximum absolute atomic E-state index is 11.4. The third-order valence-electron chi connectivity index (χ3n) is 3.96. The molecule has 1 aliphatic rings. The van der Waals surface area contributed by atoms with Crippen molar-refractivity contribution in [3.05, 3.63) is 35.6 Å². The molecule has 1 unspecified atom stereocenters. The van der Waals surface area contributed by atoms with Gasteiger partial charge in [0.1, 0.15) is 5.58 Å². The van der Waals surface area contributed by atoms with Gasteiger partial charge in [-0.05, 0) is 25.5 Å². The lowest BCUT2D eigenvalue weighted by molar-refractivity contribution is 0.0660. The Morgan fingerprint density at radius 2 is 2.20 bits per heavy atom. The molecule has 3 rings (SSSR count). The van der Waals surface area contributed by atoms with Crippen molar-refractivity contribution in [2.45, 2.75) is 25.4 Å². The molecule has 5 heteroatoms. The number of carboxylic acids is 1. The summed E-state index contributed by atoms with van der Waals surface area (Å²) >= 11 is 0. The summed E-state index contributed by atoms with van der Waals surface area (Å²) in [6.07, 6.45) is 1.98. The van der Waals surface area contributed by atoms with Gasteiger partial charge in [0.05, 0.1) is 6.61 Å². The van der Waals surface area contributed by atoms with Gasteiger partial charge in [-0.2, -0.15) is 0 Å². The third kappa shape index (κ3) is 2.19. The van der Waals surface area contributed by atoms with Crippen LogP contribution in [-0.4, -0.2) is 40.3 Å². The predicted octanol–water partition coefficient (Wildman–Crippen LogP) is 2.09. The Labute approximate surface area is 116 Å². The molecular formula is C15H17NO4. The Hall–Kier alpha value is -1.85. The zero-order chi connectivity index (χ0) is 14.1. The monoisotopic (exact) mass is 275 g/mol. The first-order chi connectivity index (χ1) is 9.70. The molecular weight excluding hydrogens is 258 g/mol. The molecule has 2 heterocycles. The zero-order valence-electron chi connectivity index (χ0n) is 11.1. The van der Waals surface area contributed by atoms with Gasteiger partial charge in [0, 0.05) is 23.5 Å². The summed E-state index contributed by atoms with van der Waals surface area (Å²) in [7, 11) is 0. The summed E-state index contributed by atoms with van der Waals surface area (Å²) in [5.41, 5.74) is 1.30. The number of aliphatic hydroxyl groups excluding tert-OH is 1. The van der Waals surface area contributed by atoms with E-state index in [1.54, 1.807) is 6.07 Å². The maximum Gasteiger partial charge on any atom is 0.372 e. The van der Waals surface area contributed by atoms with Crippen LogP contribution in [0.15, 0.2) is 28.7 Å². The van der Waals surface area contributed by atoms with E-state index in [1.165, 1.54) is 0 Å².